The maximum atomic E-state index is 5.53. The van der Waals surface area contributed by atoms with Gasteiger partial charge in [-0.05, 0) is 33.1 Å². The van der Waals surface area contributed by atoms with Crippen LogP contribution in [0.2, 0.25) is 0 Å². The molecule has 2 N–H and O–H groups in total. The van der Waals surface area contributed by atoms with E-state index in [0.717, 1.165) is 74.3 Å². The molecule has 0 saturated carbocycles. The quantitative estimate of drug-likeness (QED) is 0.289. The molecule has 172 valence electrons. The summed E-state index contributed by atoms with van der Waals surface area (Å²) in [5.41, 5.74) is 3.04. The maximum Gasteiger partial charge on any atom is 0.191 e. The molecule has 30 heavy (non-hydrogen) atoms. The molecule has 1 unspecified atom stereocenters. The molecule has 2 heterocycles. The zero-order chi connectivity index (χ0) is 21.2. The first kappa shape index (κ1) is 26.9. The highest BCUT2D eigenvalue weighted by atomic mass is 127. The van der Waals surface area contributed by atoms with E-state index >= 15 is 0 Å². The number of aromatic nitrogens is 1. The van der Waals surface area contributed by atoms with Crippen LogP contribution in [0.4, 0.5) is 0 Å². The summed E-state index contributed by atoms with van der Waals surface area (Å²) < 4.78 is 11.0. The lowest BCUT2D eigenvalue weighted by molar-refractivity contribution is 0.0132. The lowest BCUT2D eigenvalue weighted by Crippen LogP contribution is -2.51. The Morgan fingerprint density at radius 2 is 1.97 bits per heavy atom. The number of rotatable bonds is 9. The van der Waals surface area contributed by atoms with Crippen molar-refractivity contribution >= 4 is 29.9 Å². The number of nitrogens with zero attached hydrogens (tertiary/aromatic N) is 3. The topological polar surface area (TPSA) is 71.0 Å². The lowest BCUT2D eigenvalue weighted by Gasteiger charge is -2.35. The average molecular weight is 533 g/mol. The third-order valence-corrected chi connectivity index (χ3v) is 5.29. The van der Waals surface area contributed by atoms with Gasteiger partial charge in [-0.15, -0.1) is 24.0 Å². The van der Waals surface area contributed by atoms with Crippen molar-refractivity contribution in [2.24, 2.45) is 10.9 Å². The van der Waals surface area contributed by atoms with E-state index in [9.17, 15) is 0 Å². The molecule has 1 aliphatic rings. The van der Waals surface area contributed by atoms with Gasteiger partial charge in [-0.3, -0.25) is 9.88 Å². The smallest absolute Gasteiger partial charge is 0.191 e. The molecular weight excluding hydrogens is 493 g/mol. The molecule has 0 aliphatic carbocycles. The summed E-state index contributed by atoms with van der Waals surface area (Å²) in [5.74, 6) is 2.37. The fourth-order valence-corrected chi connectivity index (χ4v) is 3.79. The molecule has 2 rings (SSSR count). The number of aliphatic imine (C=N–C) groups is 1. The Bertz CT molecular complexity index is 663. The van der Waals surface area contributed by atoms with Crippen LogP contribution in [0.3, 0.4) is 0 Å². The van der Waals surface area contributed by atoms with Crippen molar-refractivity contribution in [2.45, 2.75) is 53.6 Å². The largest absolute Gasteiger partial charge is 0.496 e. The van der Waals surface area contributed by atoms with Gasteiger partial charge in [0, 0.05) is 49.5 Å². The Morgan fingerprint density at radius 3 is 2.57 bits per heavy atom. The number of ether oxygens (including phenoxy) is 2. The molecule has 1 atom stereocenters. The Hall–Kier alpha value is -1.13. The van der Waals surface area contributed by atoms with Gasteiger partial charge in [0.25, 0.3) is 0 Å². The second-order valence-electron chi connectivity index (χ2n) is 8.05. The highest BCUT2D eigenvalue weighted by molar-refractivity contribution is 14.0. The van der Waals surface area contributed by atoms with Gasteiger partial charge in [0.05, 0.1) is 32.6 Å². The van der Waals surface area contributed by atoms with Crippen molar-refractivity contribution < 1.29 is 9.47 Å². The van der Waals surface area contributed by atoms with E-state index in [0.29, 0.717) is 18.5 Å². The molecule has 1 aromatic rings. The van der Waals surface area contributed by atoms with E-state index in [1.54, 1.807) is 7.11 Å². The van der Waals surface area contributed by atoms with Crippen LogP contribution < -0.4 is 15.4 Å². The molecule has 0 spiro atoms. The monoisotopic (exact) mass is 533 g/mol. The van der Waals surface area contributed by atoms with E-state index in [1.807, 2.05) is 20.0 Å². The average Bonchev–Trinajstić information content (AvgIpc) is 2.71. The predicted octanol–water partition coefficient (Wildman–Crippen LogP) is 3.13. The van der Waals surface area contributed by atoms with Crippen LogP contribution in [0, 0.1) is 19.8 Å². The van der Waals surface area contributed by atoms with Gasteiger partial charge < -0.3 is 20.1 Å². The first-order valence-electron chi connectivity index (χ1n) is 10.8. The van der Waals surface area contributed by atoms with Crippen molar-refractivity contribution in [2.75, 3.05) is 46.5 Å². The van der Waals surface area contributed by atoms with E-state index in [-0.39, 0.29) is 24.0 Å². The number of hydrogen-bond donors (Lipinski definition) is 2. The number of morpholine rings is 1. The summed E-state index contributed by atoms with van der Waals surface area (Å²) in [6.45, 7) is 16.6. The Labute approximate surface area is 199 Å². The number of halogens is 1. The van der Waals surface area contributed by atoms with Crippen molar-refractivity contribution in [3.8, 4) is 5.75 Å². The second kappa shape index (κ2) is 14.0. The van der Waals surface area contributed by atoms with Crippen LogP contribution in [0.15, 0.2) is 11.2 Å². The van der Waals surface area contributed by atoms with Gasteiger partial charge >= 0.3 is 0 Å². The molecule has 1 aliphatic heterocycles. The number of hydrogen-bond acceptors (Lipinski definition) is 5. The third kappa shape index (κ3) is 8.19. The van der Waals surface area contributed by atoms with Crippen molar-refractivity contribution in [1.82, 2.24) is 20.5 Å². The fourth-order valence-electron chi connectivity index (χ4n) is 3.79. The summed E-state index contributed by atoms with van der Waals surface area (Å²) in [7, 11) is 1.70. The number of pyridine rings is 1. The molecule has 0 radical (unpaired) electrons. The summed E-state index contributed by atoms with van der Waals surface area (Å²) in [5, 5.41) is 6.91. The van der Waals surface area contributed by atoms with Crippen molar-refractivity contribution in [3.63, 3.8) is 0 Å². The number of guanidine groups is 1. The van der Waals surface area contributed by atoms with Crippen LogP contribution in [-0.2, 0) is 11.3 Å². The number of nitrogens with one attached hydrogen (secondary N) is 2. The molecule has 0 amide bonds. The summed E-state index contributed by atoms with van der Waals surface area (Å²) in [6, 6.07) is 0.474. The second-order valence-corrected chi connectivity index (χ2v) is 8.05. The highest BCUT2D eigenvalue weighted by Gasteiger charge is 2.22. The molecule has 7 nitrogen and oxygen atoms in total. The van der Waals surface area contributed by atoms with Gasteiger partial charge in [-0.1, -0.05) is 13.8 Å². The van der Waals surface area contributed by atoms with Gasteiger partial charge in [-0.2, -0.15) is 0 Å². The Balaban J connectivity index is 0.00000450. The van der Waals surface area contributed by atoms with Crippen LogP contribution in [0.1, 0.15) is 44.0 Å². The Kier molecular flexibility index (Phi) is 12.6. The van der Waals surface area contributed by atoms with Crippen LogP contribution in [0.5, 0.6) is 5.75 Å². The van der Waals surface area contributed by atoms with Crippen LogP contribution in [0.25, 0.3) is 0 Å². The predicted molar refractivity (Wildman–Crippen MR) is 134 cm³/mol. The molecule has 8 heteroatoms. The van der Waals surface area contributed by atoms with E-state index < -0.39 is 0 Å². The summed E-state index contributed by atoms with van der Waals surface area (Å²) in [6.07, 6.45) is 3.01. The van der Waals surface area contributed by atoms with Crippen molar-refractivity contribution in [1.29, 1.82) is 0 Å². The summed E-state index contributed by atoms with van der Waals surface area (Å²) in [4.78, 5) is 11.9. The van der Waals surface area contributed by atoms with Crippen LogP contribution >= 0.6 is 24.0 Å². The third-order valence-electron chi connectivity index (χ3n) is 5.29. The van der Waals surface area contributed by atoms with E-state index in [2.05, 4.69) is 41.3 Å². The molecule has 0 bridgehead atoms. The maximum absolute atomic E-state index is 5.53. The lowest BCUT2D eigenvalue weighted by atomic mass is 10.0. The Morgan fingerprint density at radius 1 is 1.27 bits per heavy atom. The van der Waals surface area contributed by atoms with Gasteiger partial charge in [0.1, 0.15) is 5.75 Å². The number of methoxy groups -OCH3 is 1. The molecule has 1 aromatic heterocycles. The summed E-state index contributed by atoms with van der Waals surface area (Å²) >= 11 is 0. The first-order valence-corrected chi connectivity index (χ1v) is 10.8. The van der Waals surface area contributed by atoms with E-state index in [1.165, 1.54) is 0 Å². The minimum absolute atomic E-state index is 0. The van der Waals surface area contributed by atoms with Gasteiger partial charge in [0.2, 0.25) is 0 Å². The standard InChI is InChI=1S/C22H39N5O2.HI/c1-7-23-22(26-15-20-18(5)21(28-6)17(4)13-24-20)25-14-19(12-16(2)3)27-8-10-29-11-9-27;/h13,16,19H,7-12,14-15H2,1-6H3,(H2,23,25,26);1H. The first-order chi connectivity index (χ1) is 14.0. The van der Waals surface area contributed by atoms with E-state index in [4.69, 9.17) is 14.5 Å². The molecule has 1 saturated heterocycles. The molecule has 1 fully saturated rings. The number of aryl methyl sites for hydroxylation is 1. The molecule has 0 aromatic carbocycles. The van der Waals surface area contributed by atoms with Gasteiger partial charge in [-0.25, -0.2) is 4.99 Å². The normalized spacial score (nSPS) is 16.2. The fraction of sp³-hybridized carbons (Fsp3) is 0.727. The zero-order valence-corrected chi connectivity index (χ0v) is 21.8. The van der Waals surface area contributed by atoms with Crippen molar-refractivity contribution in [3.05, 3.63) is 23.0 Å². The minimum atomic E-state index is 0. The van der Waals surface area contributed by atoms with Crippen LogP contribution in [-0.4, -0.2) is 68.4 Å². The minimum Gasteiger partial charge on any atom is -0.496 e. The van der Waals surface area contributed by atoms with Gasteiger partial charge in [0.15, 0.2) is 5.96 Å². The molecular formula is C22H40IN5O2. The highest BCUT2D eigenvalue weighted by Crippen LogP contribution is 2.24. The SMILES string of the molecule is CCNC(=NCc1ncc(C)c(OC)c1C)NCC(CC(C)C)N1CCOCC1.I. The zero-order valence-electron chi connectivity index (χ0n) is 19.5.